The first-order valence-corrected chi connectivity index (χ1v) is 5.95. The molecule has 3 N–H and O–H groups in total. The zero-order valence-electron chi connectivity index (χ0n) is 9.41. The van der Waals surface area contributed by atoms with Crippen molar-refractivity contribution in [1.29, 1.82) is 5.41 Å². The van der Waals surface area contributed by atoms with E-state index in [1.54, 1.807) is 0 Å². The minimum absolute atomic E-state index is 0.125. The fourth-order valence-corrected chi connectivity index (χ4v) is 2.98. The fourth-order valence-electron chi connectivity index (χ4n) is 2.98. The molecule has 1 aliphatic heterocycles. The van der Waals surface area contributed by atoms with Gasteiger partial charge >= 0.3 is 0 Å². The van der Waals surface area contributed by atoms with E-state index in [4.69, 9.17) is 15.9 Å². The van der Waals surface area contributed by atoms with E-state index in [2.05, 4.69) is 11.8 Å². The molecule has 1 aliphatic carbocycles. The normalized spacial score (nSPS) is 33.7. The predicted octanol–water partition coefficient (Wildman–Crippen LogP) is 0.954. The van der Waals surface area contributed by atoms with Crippen LogP contribution in [-0.4, -0.2) is 42.1 Å². The van der Waals surface area contributed by atoms with E-state index in [0.717, 1.165) is 19.6 Å². The highest BCUT2D eigenvalue weighted by atomic mass is 16.5. The third-order valence-electron chi connectivity index (χ3n) is 3.67. The molecule has 0 amide bonds. The average Bonchev–Trinajstić information content (AvgIpc) is 2.66. The van der Waals surface area contributed by atoms with Crippen LogP contribution in [0.15, 0.2) is 0 Å². The van der Waals surface area contributed by atoms with Gasteiger partial charge in [-0.1, -0.05) is 6.92 Å². The lowest BCUT2D eigenvalue weighted by atomic mass is 10.0. The minimum Gasteiger partial charge on any atom is -0.386 e. The monoisotopic (exact) mass is 211 g/mol. The Morgan fingerprint density at radius 1 is 1.60 bits per heavy atom. The first-order chi connectivity index (χ1) is 7.24. The number of hydrogen-bond donors (Lipinski definition) is 2. The summed E-state index contributed by atoms with van der Waals surface area (Å²) in [5.41, 5.74) is 5.66. The Labute approximate surface area is 91.3 Å². The molecule has 0 aromatic carbocycles. The molecule has 3 unspecified atom stereocenters. The van der Waals surface area contributed by atoms with Crippen LogP contribution in [0.4, 0.5) is 0 Å². The molecule has 1 saturated carbocycles. The summed E-state index contributed by atoms with van der Waals surface area (Å²) in [6, 6.07) is 0.632. The van der Waals surface area contributed by atoms with Gasteiger partial charge in [0.2, 0.25) is 0 Å². The van der Waals surface area contributed by atoms with Crippen molar-refractivity contribution in [3.63, 3.8) is 0 Å². The summed E-state index contributed by atoms with van der Waals surface area (Å²) in [7, 11) is 0. The predicted molar refractivity (Wildman–Crippen MR) is 60.1 cm³/mol. The van der Waals surface area contributed by atoms with E-state index >= 15 is 0 Å². The lowest BCUT2D eigenvalue weighted by Gasteiger charge is -2.41. The number of nitrogens with two attached hydrogens (primary N) is 1. The first-order valence-electron chi connectivity index (χ1n) is 5.95. The van der Waals surface area contributed by atoms with Crippen LogP contribution in [-0.2, 0) is 4.74 Å². The lowest BCUT2D eigenvalue weighted by molar-refractivity contribution is -0.0631. The van der Waals surface area contributed by atoms with Gasteiger partial charge in [-0.3, -0.25) is 10.3 Å². The number of hydrogen-bond acceptors (Lipinski definition) is 3. The van der Waals surface area contributed by atoms with Crippen molar-refractivity contribution in [2.24, 2.45) is 5.73 Å². The van der Waals surface area contributed by atoms with E-state index in [1.807, 2.05) is 0 Å². The Bertz CT molecular complexity index is 244. The van der Waals surface area contributed by atoms with Crippen molar-refractivity contribution >= 4 is 5.84 Å². The highest BCUT2D eigenvalue weighted by Gasteiger charge is 2.39. The van der Waals surface area contributed by atoms with Gasteiger partial charge in [-0.2, -0.15) is 0 Å². The summed E-state index contributed by atoms with van der Waals surface area (Å²) in [5, 5.41) is 7.63. The molecule has 2 fully saturated rings. The lowest BCUT2D eigenvalue weighted by Crippen LogP contribution is -2.56. The maximum absolute atomic E-state index is 7.63. The zero-order valence-corrected chi connectivity index (χ0v) is 9.41. The van der Waals surface area contributed by atoms with Crippen molar-refractivity contribution in [2.45, 2.75) is 50.8 Å². The summed E-state index contributed by atoms with van der Waals surface area (Å²) in [5.74, 6) is 0.310. The summed E-state index contributed by atoms with van der Waals surface area (Å²) < 4.78 is 5.75. The van der Waals surface area contributed by atoms with Crippen molar-refractivity contribution in [3.05, 3.63) is 0 Å². The SMILES string of the molecule is CCC(C(=N)N)N1CCOC2CCCC21. The van der Waals surface area contributed by atoms with Gasteiger partial charge < -0.3 is 10.5 Å². The van der Waals surface area contributed by atoms with Crippen LogP contribution in [0.1, 0.15) is 32.6 Å². The van der Waals surface area contributed by atoms with Gasteiger partial charge in [-0.15, -0.1) is 0 Å². The zero-order chi connectivity index (χ0) is 10.8. The molecular formula is C11H21N3O. The second kappa shape index (κ2) is 4.49. The molecule has 0 spiro atoms. The molecule has 86 valence electrons. The molecule has 15 heavy (non-hydrogen) atoms. The second-order valence-electron chi connectivity index (χ2n) is 4.52. The van der Waals surface area contributed by atoms with E-state index in [9.17, 15) is 0 Å². The van der Waals surface area contributed by atoms with Crippen molar-refractivity contribution < 1.29 is 4.74 Å². The number of amidine groups is 1. The molecule has 0 aromatic rings. The maximum Gasteiger partial charge on any atom is 0.108 e. The van der Waals surface area contributed by atoms with Gasteiger partial charge in [-0.25, -0.2) is 0 Å². The van der Waals surface area contributed by atoms with Gasteiger partial charge in [0.05, 0.1) is 18.8 Å². The quantitative estimate of drug-likeness (QED) is 0.540. The van der Waals surface area contributed by atoms with Crippen molar-refractivity contribution in [2.75, 3.05) is 13.2 Å². The summed E-state index contributed by atoms with van der Waals surface area (Å²) >= 11 is 0. The van der Waals surface area contributed by atoms with Crippen LogP contribution in [0, 0.1) is 5.41 Å². The van der Waals surface area contributed by atoms with Crippen molar-refractivity contribution in [3.8, 4) is 0 Å². The van der Waals surface area contributed by atoms with E-state index in [-0.39, 0.29) is 6.04 Å². The van der Waals surface area contributed by atoms with Crippen LogP contribution in [0.3, 0.4) is 0 Å². The van der Waals surface area contributed by atoms with E-state index in [0.29, 0.717) is 18.0 Å². The molecule has 4 heteroatoms. The molecule has 0 radical (unpaired) electrons. The molecule has 3 atom stereocenters. The Hall–Kier alpha value is -0.610. The Morgan fingerprint density at radius 3 is 3.07 bits per heavy atom. The number of rotatable bonds is 3. The van der Waals surface area contributed by atoms with Gasteiger partial charge in [0.25, 0.3) is 0 Å². The van der Waals surface area contributed by atoms with E-state index in [1.165, 1.54) is 19.3 Å². The average molecular weight is 211 g/mol. The summed E-state index contributed by atoms with van der Waals surface area (Å²) in [6.07, 6.45) is 4.95. The Morgan fingerprint density at radius 2 is 2.40 bits per heavy atom. The third-order valence-corrected chi connectivity index (χ3v) is 3.67. The molecule has 1 saturated heterocycles. The van der Waals surface area contributed by atoms with Crippen LogP contribution in [0.25, 0.3) is 0 Å². The molecule has 4 nitrogen and oxygen atoms in total. The first kappa shape index (κ1) is 10.9. The molecule has 1 heterocycles. The highest BCUT2D eigenvalue weighted by molar-refractivity contribution is 5.82. The largest absolute Gasteiger partial charge is 0.386 e. The fraction of sp³-hybridized carbons (Fsp3) is 0.909. The van der Waals surface area contributed by atoms with Gasteiger partial charge in [-0.05, 0) is 25.7 Å². The van der Waals surface area contributed by atoms with Crippen LogP contribution in [0.5, 0.6) is 0 Å². The molecule has 2 aliphatic rings. The Kier molecular flexibility index (Phi) is 3.26. The molecule has 0 bridgehead atoms. The highest BCUT2D eigenvalue weighted by Crippen LogP contribution is 2.31. The smallest absolute Gasteiger partial charge is 0.108 e. The van der Waals surface area contributed by atoms with Gasteiger partial charge in [0, 0.05) is 12.6 Å². The third kappa shape index (κ3) is 2.01. The standard InChI is InChI=1S/C11H21N3O/c1-2-8(11(12)13)14-6-7-15-10-5-3-4-9(10)14/h8-10H,2-7H2,1H3,(H3,12,13). The van der Waals surface area contributed by atoms with Crippen LogP contribution >= 0.6 is 0 Å². The van der Waals surface area contributed by atoms with Gasteiger partial charge in [0.15, 0.2) is 0 Å². The number of morpholine rings is 1. The number of fused-ring (bicyclic) bond motifs is 1. The molecule has 0 aromatic heterocycles. The summed E-state index contributed by atoms with van der Waals surface area (Å²) in [4.78, 5) is 2.39. The minimum atomic E-state index is 0.125. The summed E-state index contributed by atoms with van der Waals surface area (Å²) in [6.45, 7) is 3.83. The Balaban J connectivity index is 2.09. The van der Waals surface area contributed by atoms with Gasteiger partial charge in [0.1, 0.15) is 5.84 Å². The number of nitrogens with zero attached hydrogens (tertiary/aromatic N) is 1. The molecular weight excluding hydrogens is 190 g/mol. The van der Waals surface area contributed by atoms with Crippen molar-refractivity contribution in [1.82, 2.24) is 4.90 Å². The number of nitrogens with one attached hydrogen (secondary N) is 1. The number of ether oxygens (including phenoxy) is 1. The van der Waals surface area contributed by atoms with Crippen LogP contribution < -0.4 is 5.73 Å². The second-order valence-corrected chi connectivity index (χ2v) is 4.52. The molecule has 2 rings (SSSR count). The maximum atomic E-state index is 7.63. The topological polar surface area (TPSA) is 62.3 Å². The van der Waals surface area contributed by atoms with Crippen LogP contribution in [0.2, 0.25) is 0 Å². The van der Waals surface area contributed by atoms with E-state index < -0.39 is 0 Å².